The Balaban J connectivity index is 1.64. The van der Waals surface area contributed by atoms with E-state index < -0.39 is 28.5 Å². The number of carbonyl (C=O) groups excluding carboxylic acids is 3. The van der Waals surface area contributed by atoms with Gasteiger partial charge in [0, 0.05) is 11.3 Å². The molecule has 0 aromatic heterocycles. The average Bonchev–Trinajstić information content (AvgIpc) is 3.22. The maximum absolute atomic E-state index is 12.8. The normalized spacial score (nSPS) is 36.8. The van der Waals surface area contributed by atoms with E-state index in [-0.39, 0.29) is 23.8 Å². The predicted octanol–water partition coefficient (Wildman–Crippen LogP) is 1.57. The van der Waals surface area contributed by atoms with E-state index in [1.54, 1.807) is 25.6 Å². The number of nitrogens with one attached hydrogen (secondary N) is 3. The number of nitrogens with zero attached hydrogens (tertiary/aromatic N) is 1. The topological polar surface area (TPSA) is 120 Å². The highest BCUT2D eigenvalue weighted by Gasteiger charge is 2.48. The van der Waals surface area contributed by atoms with Crippen molar-refractivity contribution in [2.75, 3.05) is 6.61 Å². The molecule has 2 saturated heterocycles. The maximum Gasteiger partial charge on any atom is 0.413 e. The van der Waals surface area contributed by atoms with Gasteiger partial charge in [-0.05, 0) is 25.7 Å². The summed E-state index contributed by atoms with van der Waals surface area (Å²) in [5.74, 6) is -1.68. The molecule has 0 radical (unpaired) electrons. The third-order valence-corrected chi connectivity index (χ3v) is 8.56. The Morgan fingerprint density at radius 1 is 1.21 bits per heavy atom. The lowest BCUT2D eigenvalue weighted by molar-refractivity contribution is -0.126. The maximum atomic E-state index is 12.8. The van der Waals surface area contributed by atoms with Crippen molar-refractivity contribution < 1.29 is 19.1 Å². The summed E-state index contributed by atoms with van der Waals surface area (Å²) >= 11 is 2.91. The predicted molar refractivity (Wildman–Crippen MR) is 107 cm³/mol. The molecule has 7 unspecified atom stereocenters. The van der Waals surface area contributed by atoms with Gasteiger partial charge in [-0.2, -0.15) is 5.26 Å². The van der Waals surface area contributed by atoms with Crippen LogP contribution in [0.5, 0.6) is 0 Å². The lowest BCUT2D eigenvalue weighted by Gasteiger charge is -2.23. The number of rotatable bonds is 4. The van der Waals surface area contributed by atoms with E-state index in [4.69, 9.17) is 4.74 Å². The van der Waals surface area contributed by atoms with Gasteiger partial charge in [-0.25, -0.2) is 4.79 Å². The molecule has 3 N–H and O–H groups in total. The summed E-state index contributed by atoms with van der Waals surface area (Å²) in [5.41, 5.74) is 0. The van der Waals surface area contributed by atoms with Crippen molar-refractivity contribution in [2.24, 2.45) is 11.8 Å². The van der Waals surface area contributed by atoms with Gasteiger partial charge in [-0.1, -0.05) is 19.8 Å². The molecule has 3 amide bonds. The third kappa shape index (κ3) is 4.58. The van der Waals surface area contributed by atoms with Crippen molar-refractivity contribution in [1.82, 2.24) is 16.0 Å². The molecule has 28 heavy (non-hydrogen) atoms. The molecule has 7 atom stereocenters. The molecule has 10 heteroatoms. The molecule has 0 aromatic carbocycles. The molecule has 3 rings (SSSR count). The molecule has 0 aromatic rings. The quantitative estimate of drug-likeness (QED) is 0.619. The van der Waals surface area contributed by atoms with Gasteiger partial charge in [0.1, 0.15) is 5.37 Å². The third-order valence-electron chi connectivity index (χ3n) is 5.50. The Bertz CT molecular complexity index is 656. The average molecular weight is 427 g/mol. The molecule has 8 nitrogen and oxygen atoms in total. The first-order valence-corrected chi connectivity index (χ1v) is 11.6. The van der Waals surface area contributed by atoms with Crippen LogP contribution in [-0.4, -0.2) is 51.8 Å². The van der Waals surface area contributed by atoms with Gasteiger partial charge in [-0.3, -0.25) is 20.2 Å². The van der Waals surface area contributed by atoms with Crippen LogP contribution >= 0.6 is 23.5 Å². The highest BCUT2D eigenvalue weighted by atomic mass is 32.2. The summed E-state index contributed by atoms with van der Waals surface area (Å²) in [7, 11) is 0. The number of ether oxygens (including phenoxy) is 1. The summed E-state index contributed by atoms with van der Waals surface area (Å²) in [6.45, 7) is 3.60. The van der Waals surface area contributed by atoms with Crippen LogP contribution in [0.1, 0.15) is 39.5 Å². The van der Waals surface area contributed by atoms with Crippen LogP contribution < -0.4 is 16.0 Å². The summed E-state index contributed by atoms with van der Waals surface area (Å²) in [6.07, 6.45) is 3.76. The van der Waals surface area contributed by atoms with E-state index in [9.17, 15) is 19.6 Å². The van der Waals surface area contributed by atoms with Crippen LogP contribution in [-0.2, 0) is 14.3 Å². The van der Waals surface area contributed by atoms with E-state index >= 15 is 0 Å². The lowest BCUT2D eigenvalue weighted by Crippen LogP contribution is -2.50. The summed E-state index contributed by atoms with van der Waals surface area (Å²) in [6, 6.07) is 2.55. The van der Waals surface area contributed by atoms with Crippen LogP contribution in [0.15, 0.2) is 0 Å². The standard InChI is InChI=1S/C18H26N4O4S2/c1-3-26-18(25)22-14(23)13-9(2)12(8-19)28-16(13)21-15(24)17-20-10-6-4-5-7-11(10)27-17/h9-13,16-17,20H,3-7H2,1-2H3,(H,21,24)(H,22,23,25). The van der Waals surface area contributed by atoms with E-state index in [1.165, 1.54) is 24.6 Å². The fourth-order valence-corrected chi connectivity index (χ4v) is 7.06. The van der Waals surface area contributed by atoms with Crippen LogP contribution in [0.3, 0.4) is 0 Å². The fraction of sp³-hybridized carbons (Fsp3) is 0.778. The summed E-state index contributed by atoms with van der Waals surface area (Å²) in [5, 5.41) is 17.0. The Labute approximate surface area is 173 Å². The van der Waals surface area contributed by atoms with Crippen LogP contribution in [0.4, 0.5) is 4.79 Å². The smallest absolute Gasteiger partial charge is 0.413 e. The zero-order chi connectivity index (χ0) is 20.3. The van der Waals surface area contributed by atoms with E-state index in [2.05, 4.69) is 22.0 Å². The highest BCUT2D eigenvalue weighted by Crippen LogP contribution is 2.42. The van der Waals surface area contributed by atoms with Gasteiger partial charge in [-0.15, -0.1) is 23.5 Å². The zero-order valence-corrected chi connectivity index (χ0v) is 17.6. The molecule has 0 spiro atoms. The van der Waals surface area contributed by atoms with Crippen molar-refractivity contribution in [2.45, 2.75) is 66.8 Å². The van der Waals surface area contributed by atoms with Gasteiger partial charge in [0.25, 0.3) is 0 Å². The van der Waals surface area contributed by atoms with Crippen molar-refractivity contribution in [3.63, 3.8) is 0 Å². The molecule has 2 aliphatic heterocycles. The van der Waals surface area contributed by atoms with Crippen molar-refractivity contribution in [3.8, 4) is 6.07 Å². The first kappa shape index (κ1) is 21.3. The van der Waals surface area contributed by atoms with Crippen molar-refractivity contribution in [3.05, 3.63) is 0 Å². The molecule has 2 heterocycles. The number of alkyl carbamates (subject to hydrolysis) is 1. The number of fused-ring (bicyclic) bond motifs is 1. The molecule has 3 aliphatic rings. The Kier molecular flexibility index (Phi) is 7.12. The largest absolute Gasteiger partial charge is 0.450 e. The van der Waals surface area contributed by atoms with Gasteiger partial charge in [0.05, 0.1) is 29.2 Å². The van der Waals surface area contributed by atoms with Crippen LogP contribution in [0.2, 0.25) is 0 Å². The molecule has 3 fully saturated rings. The summed E-state index contributed by atoms with van der Waals surface area (Å²) in [4.78, 5) is 37.1. The second-order valence-corrected chi connectivity index (χ2v) is 9.96. The number of carbonyl (C=O) groups is 3. The van der Waals surface area contributed by atoms with Crippen molar-refractivity contribution >= 4 is 41.4 Å². The Morgan fingerprint density at radius 3 is 2.64 bits per heavy atom. The molecule has 154 valence electrons. The first-order valence-electron chi connectivity index (χ1n) is 9.69. The number of hydrogen-bond acceptors (Lipinski definition) is 8. The van der Waals surface area contributed by atoms with Gasteiger partial charge >= 0.3 is 6.09 Å². The van der Waals surface area contributed by atoms with Crippen LogP contribution in [0.25, 0.3) is 0 Å². The minimum absolute atomic E-state index is 0.155. The lowest BCUT2D eigenvalue weighted by atomic mass is 9.90. The Hall–Kier alpha value is -1.44. The highest BCUT2D eigenvalue weighted by molar-refractivity contribution is 8.01. The fourth-order valence-electron chi connectivity index (χ4n) is 4.04. The SMILES string of the molecule is CCOC(=O)NC(=O)C1C(NC(=O)C2NC3CCCCC3S2)SC(C#N)C1C. The monoisotopic (exact) mass is 426 g/mol. The molecule has 1 aliphatic carbocycles. The number of imide groups is 1. The molecule has 0 bridgehead atoms. The second kappa shape index (κ2) is 9.37. The Morgan fingerprint density at radius 2 is 1.96 bits per heavy atom. The van der Waals surface area contributed by atoms with Crippen molar-refractivity contribution in [1.29, 1.82) is 5.26 Å². The van der Waals surface area contributed by atoms with Gasteiger partial charge in [0.2, 0.25) is 11.8 Å². The minimum atomic E-state index is -0.813. The molecular weight excluding hydrogens is 400 g/mol. The number of nitriles is 1. The van der Waals surface area contributed by atoms with E-state index in [1.807, 2.05) is 0 Å². The van der Waals surface area contributed by atoms with Gasteiger partial charge in [0.15, 0.2) is 0 Å². The molecular formula is C18H26N4O4S2. The van der Waals surface area contributed by atoms with Crippen LogP contribution in [0, 0.1) is 23.2 Å². The second-order valence-electron chi connectivity index (χ2n) is 7.32. The number of hydrogen-bond donors (Lipinski definition) is 3. The minimum Gasteiger partial charge on any atom is -0.450 e. The van der Waals surface area contributed by atoms with E-state index in [0.717, 1.165) is 12.8 Å². The number of amides is 3. The summed E-state index contributed by atoms with van der Waals surface area (Å²) < 4.78 is 4.77. The number of thioether (sulfide) groups is 2. The first-order chi connectivity index (χ1) is 13.4. The van der Waals surface area contributed by atoms with Gasteiger partial charge < -0.3 is 10.1 Å². The zero-order valence-electron chi connectivity index (χ0n) is 16.0. The molecule has 1 saturated carbocycles. The van der Waals surface area contributed by atoms with E-state index in [0.29, 0.717) is 11.3 Å².